The number of sulfonamides is 1. The largest absolute Gasteiger partial charge is 0.379 e. The number of benzene rings is 1. The molecule has 3 heterocycles. The summed E-state index contributed by atoms with van der Waals surface area (Å²) in [5, 5.41) is 8.08. The molecule has 0 unspecified atom stereocenters. The molecule has 0 radical (unpaired) electrons. The SMILES string of the molecule is CC(C)Cn1nc(C(=O)NCc2ccc(S(=O)(=O)N3CCOCC3)s2)c2ccccc2c1=O. The van der Waals surface area contributed by atoms with Crippen LogP contribution in [0.1, 0.15) is 29.2 Å². The lowest BCUT2D eigenvalue weighted by molar-refractivity contribution is 0.0731. The minimum atomic E-state index is -3.57. The van der Waals surface area contributed by atoms with Gasteiger partial charge in [-0.15, -0.1) is 11.3 Å². The van der Waals surface area contributed by atoms with E-state index in [4.69, 9.17) is 4.74 Å². The van der Waals surface area contributed by atoms with Gasteiger partial charge in [-0.1, -0.05) is 32.0 Å². The van der Waals surface area contributed by atoms with Gasteiger partial charge in [0.05, 0.1) is 25.1 Å². The van der Waals surface area contributed by atoms with Gasteiger partial charge >= 0.3 is 0 Å². The minimum Gasteiger partial charge on any atom is -0.379 e. The van der Waals surface area contributed by atoms with Crippen molar-refractivity contribution in [2.75, 3.05) is 26.3 Å². The number of fused-ring (bicyclic) bond motifs is 1. The highest BCUT2D eigenvalue weighted by Crippen LogP contribution is 2.25. The fourth-order valence-electron chi connectivity index (χ4n) is 3.63. The fourth-order valence-corrected chi connectivity index (χ4v) is 6.49. The van der Waals surface area contributed by atoms with Gasteiger partial charge in [0, 0.05) is 29.9 Å². The standard InChI is InChI=1S/C22H26N4O5S2/c1-15(2)14-26-22(28)18-6-4-3-5-17(18)20(24-26)21(27)23-13-16-7-8-19(32-16)33(29,30)25-9-11-31-12-10-25/h3-8,15H,9-14H2,1-2H3,(H,23,27). The number of amides is 1. The Labute approximate surface area is 196 Å². The number of hydrogen-bond acceptors (Lipinski definition) is 7. The summed E-state index contributed by atoms with van der Waals surface area (Å²) in [5.74, 6) is -0.236. The zero-order valence-electron chi connectivity index (χ0n) is 18.5. The number of ether oxygens (including phenoxy) is 1. The Morgan fingerprint density at radius 1 is 1.15 bits per heavy atom. The number of thiophene rings is 1. The third-order valence-corrected chi connectivity index (χ3v) is 8.70. The fraction of sp³-hybridized carbons (Fsp3) is 0.409. The number of morpholine rings is 1. The van der Waals surface area contributed by atoms with E-state index in [0.29, 0.717) is 48.5 Å². The van der Waals surface area contributed by atoms with Gasteiger partial charge in [-0.3, -0.25) is 9.59 Å². The zero-order chi connectivity index (χ0) is 23.6. The monoisotopic (exact) mass is 490 g/mol. The van der Waals surface area contributed by atoms with Crippen molar-refractivity contribution in [1.82, 2.24) is 19.4 Å². The molecular weight excluding hydrogens is 464 g/mol. The smallest absolute Gasteiger partial charge is 0.274 e. The maximum atomic E-state index is 13.0. The maximum Gasteiger partial charge on any atom is 0.274 e. The number of carbonyl (C=O) groups excluding carboxylic acids is 1. The van der Waals surface area contributed by atoms with E-state index < -0.39 is 15.9 Å². The lowest BCUT2D eigenvalue weighted by atomic mass is 10.1. The summed E-state index contributed by atoms with van der Waals surface area (Å²) in [4.78, 5) is 26.5. The van der Waals surface area contributed by atoms with Crippen molar-refractivity contribution >= 4 is 38.0 Å². The van der Waals surface area contributed by atoms with Crippen molar-refractivity contribution < 1.29 is 17.9 Å². The zero-order valence-corrected chi connectivity index (χ0v) is 20.1. The summed E-state index contributed by atoms with van der Waals surface area (Å²) in [6.07, 6.45) is 0. The molecule has 1 N–H and O–H groups in total. The molecular formula is C22H26N4O5S2. The van der Waals surface area contributed by atoms with Gasteiger partial charge in [0.25, 0.3) is 21.5 Å². The quantitative estimate of drug-likeness (QED) is 0.543. The summed E-state index contributed by atoms with van der Waals surface area (Å²) in [6.45, 7) is 5.93. The second-order valence-corrected chi connectivity index (χ2v) is 11.5. The Balaban J connectivity index is 1.54. The molecule has 1 saturated heterocycles. The number of nitrogens with zero attached hydrogens (tertiary/aromatic N) is 3. The van der Waals surface area contributed by atoms with Gasteiger partial charge in [-0.25, -0.2) is 13.1 Å². The van der Waals surface area contributed by atoms with Crippen LogP contribution in [0.25, 0.3) is 10.8 Å². The third kappa shape index (κ3) is 5.01. The van der Waals surface area contributed by atoms with Crippen molar-refractivity contribution in [3.63, 3.8) is 0 Å². The van der Waals surface area contributed by atoms with Crippen LogP contribution in [0.4, 0.5) is 0 Å². The van der Waals surface area contributed by atoms with Crippen LogP contribution in [0.3, 0.4) is 0 Å². The first-order valence-electron chi connectivity index (χ1n) is 10.7. The number of rotatable bonds is 7. The van der Waals surface area contributed by atoms with Crippen LogP contribution in [-0.4, -0.2) is 54.7 Å². The van der Waals surface area contributed by atoms with Crippen LogP contribution in [-0.2, 0) is 27.8 Å². The average molecular weight is 491 g/mol. The van der Waals surface area contributed by atoms with Crippen molar-refractivity contribution in [1.29, 1.82) is 0 Å². The van der Waals surface area contributed by atoms with Crippen LogP contribution < -0.4 is 10.9 Å². The van der Waals surface area contributed by atoms with E-state index >= 15 is 0 Å². The molecule has 3 aromatic rings. The first-order valence-corrected chi connectivity index (χ1v) is 13.0. The van der Waals surface area contributed by atoms with Gasteiger partial charge in [-0.2, -0.15) is 9.40 Å². The maximum absolute atomic E-state index is 13.0. The lowest BCUT2D eigenvalue weighted by Crippen LogP contribution is -2.40. The van der Waals surface area contributed by atoms with E-state index in [0.717, 1.165) is 11.3 Å². The Morgan fingerprint density at radius 3 is 2.55 bits per heavy atom. The highest BCUT2D eigenvalue weighted by molar-refractivity contribution is 7.91. The molecule has 0 atom stereocenters. The van der Waals surface area contributed by atoms with E-state index in [2.05, 4.69) is 10.4 Å². The van der Waals surface area contributed by atoms with Crippen LogP contribution in [0.2, 0.25) is 0 Å². The molecule has 1 aliphatic heterocycles. The highest BCUT2D eigenvalue weighted by atomic mass is 32.2. The summed E-state index contributed by atoms with van der Waals surface area (Å²) in [6, 6.07) is 10.2. The molecule has 1 fully saturated rings. The number of aromatic nitrogens is 2. The normalized spacial score (nSPS) is 15.2. The van der Waals surface area contributed by atoms with Crippen molar-refractivity contribution in [3.8, 4) is 0 Å². The predicted molar refractivity (Wildman–Crippen MR) is 126 cm³/mol. The van der Waals surface area contributed by atoms with Crippen molar-refractivity contribution in [2.45, 2.75) is 31.1 Å². The van der Waals surface area contributed by atoms with E-state index in [-0.39, 0.29) is 27.9 Å². The summed E-state index contributed by atoms with van der Waals surface area (Å²) in [5.41, 5.74) is -0.0596. The molecule has 0 spiro atoms. The number of carbonyl (C=O) groups is 1. The van der Waals surface area contributed by atoms with Crippen molar-refractivity contribution in [3.05, 3.63) is 57.3 Å². The summed E-state index contributed by atoms with van der Waals surface area (Å²) < 4.78 is 33.9. The molecule has 0 aliphatic carbocycles. The van der Waals surface area contributed by atoms with Gasteiger partial charge in [0.15, 0.2) is 5.69 Å². The van der Waals surface area contributed by atoms with Crippen molar-refractivity contribution in [2.24, 2.45) is 5.92 Å². The molecule has 1 amide bonds. The molecule has 2 aromatic heterocycles. The molecule has 1 aliphatic rings. The highest BCUT2D eigenvalue weighted by Gasteiger charge is 2.28. The summed E-state index contributed by atoms with van der Waals surface area (Å²) >= 11 is 1.13. The van der Waals surface area contributed by atoms with E-state index in [1.54, 1.807) is 36.4 Å². The molecule has 9 nitrogen and oxygen atoms in total. The topological polar surface area (TPSA) is 111 Å². The van der Waals surface area contributed by atoms with Gasteiger partial charge in [0.2, 0.25) is 0 Å². The van der Waals surface area contributed by atoms with Gasteiger partial charge in [0.1, 0.15) is 4.21 Å². The Kier molecular flexibility index (Phi) is 6.94. The van der Waals surface area contributed by atoms with E-state index in [1.807, 2.05) is 13.8 Å². The summed E-state index contributed by atoms with van der Waals surface area (Å²) in [7, 11) is -3.57. The third-order valence-electron chi connectivity index (χ3n) is 5.25. The molecule has 11 heteroatoms. The first kappa shape index (κ1) is 23.6. The van der Waals surface area contributed by atoms with Crippen LogP contribution in [0, 0.1) is 5.92 Å². The van der Waals surface area contributed by atoms with E-state index in [9.17, 15) is 18.0 Å². The molecule has 4 rings (SSSR count). The second-order valence-electron chi connectivity index (χ2n) is 8.20. The Hall–Kier alpha value is -2.60. The predicted octanol–water partition coefficient (Wildman–Crippen LogP) is 2.06. The van der Waals surface area contributed by atoms with E-state index in [1.165, 1.54) is 8.99 Å². The lowest BCUT2D eigenvalue weighted by Gasteiger charge is -2.25. The number of nitrogens with one attached hydrogen (secondary N) is 1. The second kappa shape index (κ2) is 9.72. The molecule has 176 valence electrons. The molecule has 0 saturated carbocycles. The molecule has 33 heavy (non-hydrogen) atoms. The Morgan fingerprint density at radius 2 is 1.85 bits per heavy atom. The Bertz CT molecular complexity index is 1320. The van der Waals surface area contributed by atoms with Gasteiger partial charge in [-0.05, 0) is 24.1 Å². The van der Waals surface area contributed by atoms with Gasteiger partial charge < -0.3 is 10.1 Å². The molecule has 1 aromatic carbocycles. The number of hydrogen-bond donors (Lipinski definition) is 1. The average Bonchev–Trinajstić information content (AvgIpc) is 3.30. The molecule has 0 bridgehead atoms. The first-order chi connectivity index (χ1) is 15.8. The van der Waals surface area contributed by atoms with Crippen LogP contribution in [0.5, 0.6) is 0 Å². The minimum absolute atomic E-state index is 0.154. The van der Waals surface area contributed by atoms with Crippen LogP contribution >= 0.6 is 11.3 Å². The van der Waals surface area contributed by atoms with Crippen LogP contribution in [0.15, 0.2) is 45.4 Å².